The first-order chi connectivity index (χ1) is 11.6. The highest BCUT2D eigenvalue weighted by Crippen LogP contribution is 2.40. The molecule has 2 aromatic carbocycles. The lowest BCUT2D eigenvalue weighted by Crippen LogP contribution is -2.14. The standard InChI is InChI=1S/C19H14ClFN2O/c20-12-7-8-17(15(21)9-12)23-19(24)14-10-18(11-5-6-11)22-16-4-2-1-3-13(14)16/h1-4,7-11H,5-6H2,(H,23,24). The number of hydrogen-bond donors (Lipinski definition) is 1. The first-order valence-electron chi connectivity index (χ1n) is 7.78. The van der Waals surface area contributed by atoms with Crippen molar-refractivity contribution in [2.45, 2.75) is 18.8 Å². The molecule has 0 atom stereocenters. The van der Waals surface area contributed by atoms with E-state index in [4.69, 9.17) is 11.6 Å². The van der Waals surface area contributed by atoms with E-state index < -0.39 is 5.82 Å². The number of anilines is 1. The van der Waals surface area contributed by atoms with Gasteiger partial charge in [0.05, 0.1) is 16.8 Å². The SMILES string of the molecule is O=C(Nc1ccc(Cl)cc1F)c1cc(C2CC2)nc2ccccc12. The fourth-order valence-electron chi connectivity index (χ4n) is 2.75. The molecule has 1 aliphatic carbocycles. The number of nitrogens with one attached hydrogen (secondary N) is 1. The average Bonchev–Trinajstić information content (AvgIpc) is 3.41. The van der Waals surface area contributed by atoms with Crippen LogP contribution < -0.4 is 5.32 Å². The fraction of sp³-hybridized carbons (Fsp3) is 0.158. The van der Waals surface area contributed by atoms with Crippen molar-refractivity contribution in [3.05, 3.63) is 70.6 Å². The Bertz CT molecular complexity index is 953. The molecule has 1 aromatic heterocycles. The minimum absolute atomic E-state index is 0.110. The second kappa shape index (κ2) is 5.87. The van der Waals surface area contributed by atoms with Gasteiger partial charge >= 0.3 is 0 Å². The number of carbonyl (C=O) groups excluding carboxylic acids is 1. The van der Waals surface area contributed by atoms with Crippen molar-refractivity contribution >= 4 is 34.1 Å². The molecule has 0 saturated heterocycles. The molecule has 0 aliphatic heterocycles. The Morgan fingerprint density at radius 1 is 1.17 bits per heavy atom. The van der Waals surface area contributed by atoms with E-state index >= 15 is 0 Å². The maximum Gasteiger partial charge on any atom is 0.256 e. The van der Waals surface area contributed by atoms with Gasteiger partial charge in [-0.15, -0.1) is 0 Å². The molecule has 24 heavy (non-hydrogen) atoms. The third kappa shape index (κ3) is 2.85. The first-order valence-corrected chi connectivity index (χ1v) is 8.16. The van der Waals surface area contributed by atoms with Gasteiger partial charge in [0.25, 0.3) is 5.91 Å². The van der Waals surface area contributed by atoms with Crippen molar-refractivity contribution in [3.8, 4) is 0 Å². The lowest BCUT2D eigenvalue weighted by Gasteiger charge is -2.11. The van der Waals surface area contributed by atoms with E-state index in [1.165, 1.54) is 12.1 Å². The van der Waals surface area contributed by atoms with Crippen LogP contribution in [0.4, 0.5) is 10.1 Å². The number of rotatable bonds is 3. The van der Waals surface area contributed by atoms with Crippen LogP contribution in [0.3, 0.4) is 0 Å². The number of fused-ring (bicyclic) bond motifs is 1. The van der Waals surface area contributed by atoms with Gasteiger partial charge in [-0.1, -0.05) is 29.8 Å². The Hall–Kier alpha value is -2.46. The average molecular weight is 341 g/mol. The van der Waals surface area contributed by atoms with Crippen molar-refractivity contribution in [1.29, 1.82) is 0 Å². The highest BCUT2D eigenvalue weighted by molar-refractivity contribution is 6.30. The van der Waals surface area contributed by atoms with Crippen molar-refractivity contribution in [2.75, 3.05) is 5.32 Å². The van der Waals surface area contributed by atoms with Gasteiger partial charge < -0.3 is 5.32 Å². The summed E-state index contributed by atoms with van der Waals surface area (Å²) in [4.78, 5) is 17.4. The largest absolute Gasteiger partial charge is 0.319 e. The lowest BCUT2D eigenvalue weighted by atomic mass is 10.1. The van der Waals surface area contributed by atoms with Crippen molar-refractivity contribution in [1.82, 2.24) is 4.98 Å². The number of hydrogen-bond acceptors (Lipinski definition) is 2. The first kappa shape index (κ1) is 15.1. The quantitative estimate of drug-likeness (QED) is 0.715. The Balaban J connectivity index is 1.75. The van der Waals surface area contributed by atoms with E-state index in [1.54, 1.807) is 6.07 Å². The van der Waals surface area contributed by atoms with Gasteiger partial charge in [-0.05, 0) is 43.2 Å². The van der Waals surface area contributed by atoms with Gasteiger partial charge in [0, 0.05) is 22.0 Å². The molecule has 120 valence electrons. The molecule has 4 rings (SSSR count). The molecule has 0 radical (unpaired) electrons. The van der Waals surface area contributed by atoms with Gasteiger partial charge in [0.2, 0.25) is 0 Å². The van der Waals surface area contributed by atoms with Crippen LogP contribution in [-0.2, 0) is 0 Å². The molecule has 0 spiro atoms. The number of amides is 1. The zero-order chi connectivity index (χ0) is 16.7. The number of pyridine rings is 1. The van der Waals surface area contributed by atoms with Gasteiger partial charge in [-0.3, -0.25) is 9.78 Å². The monoisotopic (exact) mass is 340 g/mol. The highest BCUT2D eigenvalue weighted by Gasteiger charge is 2.27. The third-order valence-corrected chi connectivity index (χ3v) is 4.39. The lowest BCUT2D eigenvalue weighted by molar-refractivity contribution is 0.102. The fourth-order valence-corrected chi connectivity index (χ4v) is 2.91. The number of aromatic nitrogens is 1. The molecule has 0 unspecified atom stereocenters. The summed E-state index contributed by atoms with van der Waals surface area (Å²) in [5.74, 6) is -0.484. The van der Waals surface area contributed by atoms with E-state index in [0.29, 0.717) is 11.5 Å². The number of halogens is 2. The van der Waals surface area contributed by atoms with Crippen LogP contribution >= 0.6 is 11.6 Å². The summed E-state index contributed by atoms with van der Waals surface area (Å²) in [5, 5.41) is 3.68. The summed E-state index contributed by atoms with van der Waals surface area (Å²) in [5.41, 5.74) is 2.33. The van der Waals surface area contributed by atoms with Crippen LogP contribution in [0.15, 0.2) is 48.5 Å². The van der Waals surface area contributed by atoms with Crippen molar-refractivity contribution in [3.63, 3.8) is 0 Å². The van der Waals surface area contributed by atoms with Crippen molar-refractivity contribution < 1.29 is 9.18 Å². The zero-order valence-corrected chi connectivity index (χ0v) is 13.5. The van der Waals surface area contributed by atoms with Gasteiger partial charge in [0.15, 0.2) is 0 Å². The predicted octanol–water partition coefficient (Wildman–Crippen LogP) is 5.16. The van der Waals surface area contributed by atoms with Crippen LogP contribution in [0.2, 0.25) is 5.02 Å². The van der Waals surface area contributed by atoms with E-state index in [1.807, 2.05) is 30.3 Å². The highest BCUT2D eigenvalue weighted by atomic mass is 35.5. The summed E-state index contributed by atoms with van der Waals surface area (Å²) in [6, 6.07) is 13.5. The summed E-state index contributed by atoms with van der Waals surface area (Å²) < 4.78 is 13.9. The molecule has 1 N–H and O–H groups in total. The van der Waals surface area contributed by atoms with Crippen LogP contribution in [-0.4, -0.2) is 10.9 Å². The molecular formula is C19H14ClFN2O. The molecule has 1 fully saturated rings. The van der Waals surface area contributed by atoms with E-state index in [2.05, 4.69) is 10.3 Å². The number of benzene rings is 2. The zero-order valence-electron chi connectivity index (χ0n) is 12.7. The summed E-state index contributed by atoms with van der Waals surface area (Å²) in [6.07, 6.45) is 2.19. The van der Waals surface area contributed by atoms with Gasteiger partial charge in [0.1, 0.15) is 5.82 Å². The Kier molecular flexibility index (Phi) is 3.69. The Morgan fingerprint density at radius 3 is 2.71 bits per heavy atom. The van der Waals surface area contributed by atoms with Crippen LogP contribution in [0.1, 0.15) is 34.8 Å². The predicted molar refractivity (Wildman–Crippen MR) is 93.1 cm³/mol. The number of carbonyl (C=O) groups is 1. The maximum absolute atomic E-state index is 13.9. The van der Waals surface area contributed by atoms with Crippen molar-refractivity contribution in [2.24, 2.45) is 0 Å². The minimum atomic E-state index is -0.559. The molecule has 3 nitrogen and oxygen atoms in total. The van der Waals surface area contributed by atoms with Crippen LogP contribution in [0.5, 0.6) is 0 Å². The third-order valence-electron chi connectivity index (χ3n) is 4.16. The van der Waals surface area contributed by atoms with E-state index in [-0.39, 0.29) is 16.6 Å². The van der Waals surface area contributed by atoms with Gasteiger partial charge in [-0.2, -0.15) is 0 Å². The van der Waals surface area contributed by atoms with Crippen LogP contribution in [0, 0.1) is 5.82 Å². The summed E-state index contributed by atoms with van der Waals surface area (Å²) in [7, 11) is 0. The van der Waals surface area contributed by atoms with E-state index in [0.717, 1.165) is 29.4 Å². The maximum atomic E-state index is 13.9. The van der Waals surface area contributed by atoms with Gasteiger partial charge in [-0.25, -0.2) is 4.39 Å². The molecule has 1 aliphatic rings. The second-order valence-corrected chi connectivity index (χ2v) is 6.40. The molecular weight excluding hydrogens is 327 g/mol. The normalized spacial score (nSPS) is 13.9. The Morgan fingerprint density at radius 2 is 1.96 bits per heavy atom. The smallest absolute Gasteiger partial charge is 0.256 e. The molecule has 1 amide bonds. The second-order valence-electron chi connectivity index (χ2n) is 5.96. The molecule has 5 heteroatoms. The molecule has 1 heterocycles. The molecule has 1 saturated carbocycles. The summed E-state index contributed by atoms with van der Waals surface area (Å²) >= 11 is 5.75. The number of nitrogens with zero attached hydrogens (tertiary/aromatic N) is 1. The summed E-state index contributed by atoms with van der Waals surface area (Å²) in [6.45, 7) is 0. The molecule has 0 bridgehead atoms. The Labute approximate surface area is 143 Å². The number of para-hydroxylation sites is 1. The molecule has 3 aromatic rings. The van der Waals surface area contributed by atoms with E-state index in [9.17, 15) is 9.18 Å². The minimum Gasteiger partial charge on any atom is -0.319 e. The van der Waals surface area contributed by atoms with Crippen LogP contribution in [0.25, 0.3) is 10.9 Å². The topological polar surface area (TPSA) is 42.0 Å².